The second-order valence-electron chi connectivity index (χ2n) is 6.03. The van der Waals surface area contributed by atoms with Gasteiger partial charge < -0.3 is 10.6 Å². The zero-order valence-corrected chi connectivity index (χ0v) is 11.8. The molecule has 1 fully saturated rings. The number of rotatable bonds is 2. The summed E-state index contributed by atoms with van der Waals surface area (Å²) in [6.07, 6.45) is -2.54. The number of piperidine rings is 1. The largest absolute Gasteiger partial charge is 0.433 e. The van der Waals surface area contributed by atoms with E-state index in [9.17, 15) is 13.2 Å². The fraction of sp³-hybridized carbons (Fsp3) is 0.643. The molecule has 3 nitrogen and oxygen atoms in total. The fourth-order valence-corrected chi connectivity index (χ4v) is 2.39. The predicted molar refractivity (Wildman–Crippen MR) is 72.4 cm³/mol. The van der Waals surface area contributed by atoms with Crippen molar-refractivity contribution >= 4 is 5.82 Å². The van der Waals surface area contributed by atoms with Crippen LogP contribution in [0.5, 0.6) is 0 Å². The highest BCUT2D eigenvalue weighted by Gasteiger charge is 2.34. The molecule has 1 aromatic rings. The van der Waals surface area contributed by atoms with Crippen molar-refractivity contribution in [3.63, 3.8) is 0 Å². The van der Waals surface area contributed by atoms with Crippen molar-refractivity contribution in [2.24, 2.45) is 11.1 Å². The lowest BCUT2D eigenvalue weighted by Crippen LogP contribution is -2.38. The van der Waals surface area contributed by atoms with Crippen molar-refractivity contribution in [1.82, 2.24) is 4.98 Å². The average molecular weight is 287 g/mol. The second-order valence-corrected chi connectivity index (χ2v) is 6.03. The molecule has 0 unspecified atom stereocenters. The van der Waals surface area contributed by atoms with Gasteiger partial charge in [0.05, 0.1) is 0 Å². The van der Waals surface area contributed by atoms with Gasteiger partial charge in [-0.25, -0.2) is 4.98 Å². The number of anilines is 1. The molecule has 0 aliphatic carbocycles. The van der Waals surface area contributed by atoms with E-state index in [1.54, 1.807) is 0 Å². The summed E-state index contributed by atoms with van der Waals surface area (Å²) in [6.45, 7) is 5.98. The van der Waals surface area contributed by atoms with Crippen LogP contribution in [0.3, 0.4) is 0 Å². The van der Waals surface area contributed by atoms with Crippen molar-refractivity contribution in [2.75, 3.05) is 18.0 Å². The van der Waals surface area contributed by atoms with E-state index in [1.807, 2.05) is 4.90 Å². The van der Waals surface area contributed by atoms with Crippen LogP contribution in [0.1, 0.15) is 37.9 Å². The maximum atomic E-state index is 12.8. The van der Waals surface area contributed by atoms with Gasteiger partial charge in [0.2, 0.25) is 0 Å². The summed E-state index contributed by atoms with van der Waals surface area (Å²) >= 11 is 0. The lowest BCUT2D eigenvalue weighted by molar-refractivity contribution is -0.141. The normalized spacial score (nSPS) is 19.2. The van der Waals surface area contributed by atoms with Gasteiger partial charge in [0.1, 0.15) is 11.5 Å². The number of nitrogens with zero attached hydrogens (tertiary/aromatic N) is 2. The Labute approximate surface area is 117 Å². The molecule has 0 radical (unpaired) electrons. The van der Waals surface area contributed by atoms with Crippen molar-refractivity contribution in [1.29, 1.82) is 0 Å². The van der Waals surface area contributed by atoms with Gasteiger partial charge in [-0.05, 0) is 24.3 Å². The molecule has 2 N–H and O–H groups in total. The molecule has 112 valence electrons. The van der Waals surface area contributed by atoms with Crippen LogP contribution in [-0.4, -0.2) is 18.1 Å². The standard InChI is InChI=1S/C14H20F3N3/c1-13(2)5-7-20(8-6-13)12-10(9-18)3-4-11(19-12)14(15,16)17/h3-4H,5-9,18H2,1-2H3. The van der Waals surface area contributed by atoms with E-state index in [2.05, 4.69) is 18.8 Å². The zero-order chi connectivity index (χ0) is 15.0. The van der Waals surface area contributed by atoms with Crippen molar-refractivity contribution in [2.45, 2.75) is 39.4 Å². The number of nitrogens with two attached hydrogens (primary N) is 1. The molecule has 0 amide bonds. The van der Waals surface area contributed by atoms with E-state index >= 15 is 0 Å². The van der Waals surface area contributed by atoms with Crippen LogP contribution in [-0.2, 0) is 12.7 Å². The molecule has 1 aliphatic rings. The molecule has 6 heteroatoms. The summed E-state index contributed by atoms with van der Waals surface area (Å²) in [7, 11) is 0. The maximum absolute atomic E-state index is 12.8. The Morgan fingerprint density at radius 2 is 1.85 bits per heavy atom. The van der Waals surface area contributed by atoms with Gasteiger partial charge >= 0.3 is 6.18 Å². The first-order chi connectivity index (χ1) is 9.23. The lowest BCUT2D eigenvalue weighted by Gasteiger charge is -2.38. The van der Waals surface area contributed by atoms with Crippen LogP contribution < -0.4 is 10.6 Å². The summed E-state index contributed by atoms with van der Waals surface area (Å²) in [5, 5.41) is 0. The monoisotopic (exact) mass is 287 g/mol. The van der Waals surface area contributed by atoms with E-state index in [0.29, 0.717) is 24.5 Å². The van der Waals surface area contributed by atoms with E-state index in [1.165, 1.54) is 6.07 Å². The molecule has 2 rings (SSSR count). The Morgan fingerprint density at radius 3 is 2.35 bits per heavy atom. The van der Waals surface area contributed by atoms with Crippen molar-refractivity contribution in [3.05, 3.63) is 23.4 Å². The highest BCUT2D eigenvalue weighted by molar-refractivity contribution is 5.48. The molecule has 20 heavy (non-hydrogen) atoms. The Kier molecular flexibility index (Phi) is 3.95. The molecular weight excluding hydrogens is 267 g/mol. The Bertz CT molecular complexity index is 473. The van der Waals surface area contributed by atoms with E-state index in [-0.39, 0.29) is 12.0 Å². The van der Waals surface area contributed by atoms with Gasteiger partial charge in [-0.15, -0.1) is 0 Å². The van der Waals surface area contributed by atoms with Crippen LogP contribution in [0.4, 0.5) is 19.0 Å². The first kappa shape index (κ1) is 15.1. The number of hydrogen-bond donors (Lipinski definition) is 1. The van der Waals surface area contributed by atoms with Gasteiger partial charge in [0.25, 0.3) is 0 Å². The van der Waals surface area contributed by atoms with Crippen LogP contribution >= 0.6 is 0 Å². The molecular formula is C14H20F3N3. The highest BCUT2D eigenvalue weighted by atomic mass is 19.4. The second kappa shape index (κ2) is 5.24. The average Bonchev–Trinajstić information content (AvgIpc) is 2.37. The van der Waals surface area contributed by atoms with Gasteiger partial charge in [-0.1, -0.05) is 19.9 Å². The topological polar surface area (TPSA) is 42.2 Å². The molecule has 0 atom stereocenters. The Hall–Kier alpha value is -1.30. The van der Waals surface area contributed by atoms with Crippen molar-refractivity contribution in [3.8, 4) is 0 Å². The Morgan fingerprint density at radius 1 is 1.25 bits per heavy atom. The fourth-order valence-electron chi connectivity index (χ4n) is 2.39. The molecule has 0 saturated carbocycles. The van der Waals surface area contributed by atoms with E-state index in [4.69, 9.17) is 5.73 Å². The SMILES string of the molecule is CC1(C)CCN(c2nc(C(F)(F)F)ccc2CN)CC1. The third kappa shape index (κ3) is 3.23. The number of aromatic nitrogens is 1. The smallest absolute Gasteiger partial charge is 0.356 e. The number of alkyl halides is 3. The minimum Gasteiger partial charge on any atom is -0.356 e. The Balaban J connectivity index is 2.30. The first-order valence-electron chi connectivity index (χ1n) is 6.75. The molecule has 0 spiro atoms. The summed E-state index contributed by atoms with van der Waals surface area (Å²) in [4.78, 5) is 5.73. The van der Waals surface area contributed by atoms with Gasteiger partial charge in [-0.2, -0.15) is 13.2 Å². The van der Waals surface area contributed by atoms with Crippen LogP contribution in [0.15, 0.2) is 12.1 Å². The quantitative estimate of drug-likeness (QED) is 0.908. The minimum absolute atomic E-state index is 0.195. The van der Waals surface area contributed by atoms with Gasteiger partial charge in [-0.3, -0.25) is 0 Å². The number of pyridine rings is 1. The molecule has 0 aromatic carbocycles. The van der Waals surface area contributed by atoms with Crippen LogP contribution in [0.25, 0.3) is 0 Å². The molecule has 0 bridgehead atoms. The summed E-state index contributed by atoms with van der Waals surface area (Å²) < 4.78 is 38.3. The molecule has 1 aliphatic heterocycles. The van der Waals surface area contributed by atoms with E-state index < -0.39 is 11.9 Å². The van der Waals surface area contributed by atoms with Crippen LogP contribution in [0.2, 0.25) is 0 Å². The molecule has 2 heterocycles. The van der Waals surface area contributed by atoms with Gasteiger partial charge in [0.15, 0.2) is 0 Å². The maximum Gasteiger partial charge on any atom is 0.433 e. The number of hydrogen-bond acceptors (Lipinski definition) is 3. The summed E-state index contributed by atoms with van der Waals surface area (Å²) in [6, 6.07) is 2.44. The van der Waals surface area contributed by atoms with Crippen LogP contribution in [0, 0.1) is 5.41 Å². The highest BCUT2D eigenvalue weighted by Crippen LogP contribution is 2.34. The van der Waals surface area contributed by atoms with Crippen molar-refractivity contribution < 1.29 is 13.2 Å². The number of halogens is 3. The summed E-state index contributed by atoms with van der Waals surface area (Å²) in [5.74, 6) is 0.387. The zero-order valence-electron chi connectivity index (χ0n) is 11.8. The molecule has 1 aromatic heterocycles. The lowest BCUT2D eigenvalue weighted by atomic mass is 9.82. The third-order valence-electron chi connectivity index (χ3n) is 3.88. The molecule has 1 saturated heterocycles. The van der Waals surface area contributed by atoms with Gasteiger partial charge in [0, 0.05) is 25.2 Å². The third-order valence-corrected chi connectivity index (χ3v) is 3.88. The summed E-state index contributed by atoms with van der Waals surface area (Å²) in [5.41, 5.74) is 5.67. The van der Waals surface area contributed by atoms with E-state index in [0.717, 1.165) is 18.9 Å². The predicted octanol–water partition coefficient (Wildman–Crippen LogP) is 3.19. The first-order valence-corrected chi connectivity index (χ1v) is 6.75. The minimum atomic E-state index is -4.42.